The highest BCUT2D eigenvalue weighted by Crippen LogP contribution is 2.20. The molecule has 0 aromatic heterocycles. The fourth-order valence-corrected chi connectivity index (χ4v) is 3.16. The van der Waals surface area contributed by atoms with Crippen LogP contribution in [0.15, 0.2) is 18.2 Å². The van der Waals surface area contributed by atoms with Crippen LogP contribution in [0.4, 0.5) is 10.1 Å². The van der Waals surface area contributed by atoms with E-state index in [-0.39, 0.29) is 24.3 Å². The Hall–Kier alpha value is -2.48. The van der Waals surface area contributed by atoms with Crippen molar-refractivity contribution in [2.24, 2.45) is 5.92 Å². The molecule has 3 rings (SSSR count). The maximum Gasteiger partial charge on any atom is 0.311 e. The summed E-state index contributed by atoms with van der Waals surface area (Å²) in [6.45, 7) is 3.16. The summed E-state index contributed by atoms with van der Waals surface area (Å²) >= 11 is 0. The van der Waals surface area contributed by atoms with Gasteiger partial charge >= 0.3 is 11.8 Å². The van der Waals surface area contributed by atoms with Crippen molar-refractivity contribution in [3.05, 3.63) is 29.6 Å². The van der Waals surface area contributed by atoms with Gasteiger partial charge in [-0.15, -0.1) is 0 Å². The van der Waals surface area contributed by atoms with E-state index in [2.05, 4.69) is 10.6 Å². The summed E-state index contributed by atoms with van der Waals surface area (Å²) < 4.78 is 18.5. The maximum atomic E-state index is 13.3. The molecule has 2 fully saturated rings. The van der Waals surface area contributed by atoms with Crippen molar-refractivity contribution < 1.29 is 23.5 Å². The van der Waals surface area contributed by atoms with Crippen molar-refractivity contribution in [3.63, 3.8) is 0 Å². The van der Waals surface area contributed by atoms with Gasteiger partial charge in [-0.25, -0.2) is 4.39 Å². The Morgan fingerprint density at radius 1 is 1.27 bits per heavy atom. The molecule has 7 nitrogen and oxygen atoms in total. The third kappa shape index (κ3) is 4.19. The van der Waals surface area contributed by atoms with Gasteiger partial charge < -0.3 is 20.3 Å². The molecule has 3 amide bonds. The predicted molar refractivity (Wildman–Crippen MR) is 91.8 cm³/mol. The molecule has 0 bridgehead atoms. The van der Waals surface area contributed by atoms with Crippen molar-refractivity contribution in [1.29, 1.82) is 0 Å². The topological polar surface area (TPSA) is 87.7 Å². The summed E-state index contributed by atoms with van der Waals surface area (Å²) in [7, 11) is 0. The smallest absolute Gasteiger partial charge is 0.311 e. The first-order valence-electron chi connectivity index (χ1n) is 8.68. The largest absolute Gasteiger partial charge is 0.379 e. The van der Waals surface area contributed by atoms with Crippen LogP contribution in [0.2, 0.25) is 0 Å². The van der Waals surface area contributed by atoms with Crippen LogP contribution in [0, 0.1) is 18.7 Å². The number of carbonyl (C=O) groups is 3. The number of rotatable bonds is 3. The van der Waals surface area contributed by atoms with E-state index in [0.717, 1.165) is 0 Å². The van der Waals surface area contributed by atoms with E-state index in [0.29, 0.717) is 43.9 Å². The second-order valence-corrected chi connectivity index (χ2v) is 6.72. The lowest BCUT2D eigenvalue weighted by atomic mass is 10.1. The van der Waals surface area contributed by atoms with Gasteiger partial charge in [-0.1, -0.05) is 0 Å². The number of nitrogens with one attached hydrogen (secondary N) is 2. The van der Waals surface area contributed by atoms with E-state index in [1.54, 1.807) is 13.0 Å². The van der Waals surface area contributed by atoms with Crippen LogP contribution in [0.25, 0.3) is 0 Å². The summed E-state index contributed by atoms with van der Waals surface area (Å²) in [5, 5.41) is 5.40. The van der Waals surface area contributed by atoms with Crippen LogP contribution in [0.3, 0.4) is 0 Å². The Bertz CT molecular complexity index is 718. The third-order valence-electron chi connectivity index (χ3n) is 4.73. The van der Waals surface area contributed by atoms with Crippen molar-refractivity contribution in [1.82, 2.24) is 10.2 Å². The summed E-state index contributed by atoms with van der Waals surface area (Å²) in [5.74, 6) is -2.25. The van der Waals surface area contributed by atoms with Gasteiger partial charge in [0.05, 0.1) is 18.6 Å². The predicted octanol–water partition coefficient (Wildman–Crippen LogP) is 0.826. The van der Waals surface area contributed by atoms with Gasteiger partial charge in [0.1, 0.15) is 5.82 Å². The Labute approximate surface area is 150 Å². The van der Waals surface area contributed by atoms with Crippen LogP contribution in [-0.2, 0) is 19.1 Å². The lowest BCUT2D eigenvalue weighted by molar-refractivity contribution is -0.145. The molecule has 2 saturated heterocycles. The summed E-state index contributed by atoms with van der Waals surface area (Å²) in [6.07, 6.45) is 1.18. The molecule has 2 aliphatic heterocycles. The van der Waals surface area contributed by atoms with E-state index in [4.69, 9.17) is 4.74 Å². The maximum absolute atomic E-state index is 13.3. The zero-order valence-electron chi connectivity index (χ0n) is 14.6. The standard InChI is InChI=1S/C18H22FN3O4/c1-11-8-13(2-3-15(11)19)20-16(23)12-4-6-22(9-12)18(25)17(24)21-14-5-7-26-10-14/h2-3,8,12,14H,4-7,9-10H2,1H3,(H,20,23)(H,21,24)/t12-,14-/m0/s1. The summed E-state index contributed by atoms with van der Waals surface area (Å²) in [5.41, 5.74) is 0.955. The average Bonchev–Trinajstić information content (AvgIpc) is 3.29. The van der Waals surface area contributed by atoms with E-state index in [1.165, 1.54) is 17.0 Å². The van der Waals surface area contributed by atoms with Gasteiger partial charge in [-0.2, -0.15) is 0 Å². The molecule has 2 aliphatic rings. The van der Waals surface area contributed by atoms with Gasteiger partial charge in [0.2, 0.25) is 5.91 Å². The molecule has 140 valence electrons. The first-order valence-corrected chi connectivity index (χ1v) is 8.68. The molecule has 2 N–H and O–H groups in total. The number of benzene rings is 1. The number of halogens is 1. The number of ether oxygens (including phenoxy) is 1. The molecule has 1 aromatic rings. The Morgan fingerprint density at radius 3 is 2.77 bits per heavy atom. The minimum absolute atomic E-state index is 0.130. The highest BCUT2D eigenvalue weighted by atomic mass is 19.1. The molecule has 0 aliphatic carbocycles. The van der Waals surface area contributed by atoms with Crippen molar-refractivity contribution in [2.45, 2.75) is 25.8 Å². The molecule has 0 radical (unpaired) electrons. The first kappa shape index (κ1) is 18.3. The number of carbonyl (C=O) groups excluding carboxylic acids is 3. The summed E-state index contributed by atoms with van der Waals surface area (Å²) in [6, 6.07) is 4.22. The SMILES string of the molecule is Cc1cc(NC(=O)[C@H]2CCN(C(=O)C(=O)N[C@H]3CCOC3)C2)ccc1F. The highest BCUT2D eigenvalue weighted by Gasteiger charge is 2.34. The second kappa shape index (κ2) is 7.82. The number of nitrogens with zero attached hydrogens (tertiary/aromatic N) is 1. The molecular formula is C18H22FN3O4. The first-order chi connectivity index (χ1) is 12.4. The summed E-state index contributed by atoms with van der Waals surface area (Å²) in [4.78, 5) is 38.0. The van der Waals surface area contributed by atoms with Gasteiger partial charge in [0, 0.05) is 25.4 Å². The molecule has 1 aromatic carbocycles. The van der Waals surface area contributed by atoms with Gasteiger partial charge in [-0.3, -0.25) is 14.4 Å². The second-order valence-electron chi connectivity index (χ2n) is 6.72. The number of hydrogen-bond acceptors (Lipinski definition) is 4. The number of anilines is 1. The number of amides is 3. The van der Waals surface area contributed by atoms with Crippen LogP contribution < -0.4 is 10.6 Å². The van der Waals surface area contributed by atoms with Crippen molar-refractivity contribution in [2.75, 3.05) is 31.6 Å². The fourth-order valence-electron chi connectivity index (χ4n) is 3.16. The molecule has 26 heavy (non-hydrogen) atoms. The normalized spacial score (nSPS) is 22.3. The number of hydrogen-bond donors (Lipinski definition) is 2. The third-order valence-corrected chi connectivity index (χ3v) is 4.73. The van der Waals surface area contributed by atoms with Crippen LogP contribution in [-0.4, -0.2) is 55.0 Å². The minimum Gasteiger partial charge on any atom is -0.379 e. The number of aryl methyl sites for hydroxylation is 1. The average molecular weight is 363 g/mol. The van der Waals surface area contributed by atoms with Crippen LogP contribution >= 0.6 is 0 Å². The zero-order valence-corrected chi connectivity index (χ0v) is 14.6. The Balaban J connectivity index is 1.52. The quantitative estimate of drug-likeness (QED) is 0.779. The van der Waals surface area contributed by atoms with Crippen molar-refractivity contribution >= 4 is 23.4 Å². The van der Waals surface area contributed by atoms with Gasteiger partial charge in [-0.05, 0) is 43.5 Å². The zero-order chi connectivity index (χ0) is 18.7. The highest BCUT2D eigenvalue weighted by molar-refractivity contribution is 6.35. The number of likely N-dealkylation sites (tertiary alicyclic amines) is 1. The molecule has 8 heteroatoms. The van der Waals surface area contributed by atoms with Crippen LogP contribution in [0.1, 0.15) is 18.4 Å². The minimum atomic E-state index is -0.657. The van der Waals surface area contributed by atoms with Crippen molar-refractivity contribution in [3.8, 4) is 0 Å². The van der Waals surface area contributed by atoms with Gasteiger partial charge in [0.25, 0.3) is 0 Å². The van der Waals surface area contributed by atoms with E-state index in [1.807, 2.05) is 0 Å². The Kier molecular flexibility index (Phi) is 5.51. The Morgan fingerprint density at radius 2 is 2.08 bits per heavy atom. The monoisotopic (exact) mass is 363 g/mol. The molecule has 2 atom stereocenters. The molecule has 2 heterocycles. The lowest BCUT2D eigenvalue weighted by Gasteiger charge is -2.17. The molecule has 0 saturated carbocycles. The van der Waals surface area contributed by atoms with Crippen LogP contribution in [0.5, 0.6) is 0 Å². The molecule has 0 spiro atoms. The van der Waals surface area contributed by atoms with E-state index in [9.17, 15) is 18.8 Å². The van der Waals surface area contributed by atoms with E-state index >= 15 is 0 Å². The van der Waals surface area contributed by atoms with E-state index < -0.39 is 17.7 Å². The van der Waals surface area contributed by atoms with Gasteiger partial charge in [0.15, 0.2) is 0 Å². The lowest BCUT2D eigenvalue weighted by Crippen LogP contribution is -2.46. The molecule has 0 unspecified atom stereocenters. The fraction of sp³-hybridized carbons (Fsp3) is 0.500. The molecular weight excluding hydrogens is 341 g/mol.